The Balaban J connectivity index is 1.55. The van der Waals surface area contributed by atoms with Gasteiger partial charge in [-0.3, -0.25) is 9.69 Å². The van der Waals surface area contributed by atoms with Gasteiger partial charge in [0.1, 0.15) is 12.4 Å². The minimum absolute atomic E-state index is 0.266. The molecule has 6 heteroatoms. The Bertz CT molecular complexity index is 790. The van der Waals surface area contributed by atoms with Crippen LogP contribution in [0.5, 0.6) is 5.75 Å². The molecule has 0 amide bonds. The van der Waals surface area contributed by atoms with Gasteiger partial charge in [0.2, 0.25) is 0 Å². The van der Waals surface area contributed by atoms with Crippen LogP contribution >= 0.6 is 0 Å². The molecule has 0 aromatic heterocycles. The predicted octanol–water partition coefficient (Wildman–Crippen LogP) is 3.00. The van der Waals surface area contributed by atoms with Gasteiger partial charge in [0.25, 0.3) is 0 Å². The van der Waals surface area contributed by atoms with Crippen LogP contribution in [0.3, 0.4) is 0 Å². The Kier molecular flexibility index (Phi) is 6.07. The number of methoxy groups -OCH3 is 1. The van der Waals surface area contributed by atoms with Crippen LogP contribution in [-0.4, -0.2) is 55.5 Å². The molecular weight excluding hydrogens is 332 g/mol. The summed E-state index contributed by atoms with van der Waals surface area (Å²) in [5.74, 6) is -0.144. The van der Waals surface area contributed by atoms with Gasteiger partial charge in [-0.1, -0.05) is 29.4 Å². The van der Waals surface area contributed by atoms with Crippen molar-refractivity contribution in [3.05, 3.63) is 42.0 Å². The minimum atomic E-state index is -0.708. The van der Waals surface area contributed by atoms with Gasteiger partial charge in [0.15, 0.2) is 0 Å². The van der Waals surface area contributed by atoms with Crippen molar-refractivity contribution >= 4 is 23.0 Å². The van der Waals surface area contributed by atoms with Gasteiger partial charge in [-0.25, -0.2) is 0 Å². The molecule has 0 aliphatic carbocycles. The third-order valence-electron chi connectivity index (χ3n) is 4.76. The number of aliphatic carboxylic acids is 1. The van der Waals surface area contributed by atoms with Gasteiger partial charge in [-0.15, -0.1) is 0 Å². The quantitative estimate of drug-likeness (QED) is 0.469. The van der Waals surface area contributed by atoms with Gasteiger partial charge >= 0.3 is 5.97 Å². The van der Waals surface area contributed by atoms with Crippen molar-refractivity contribution < 1.29 is 19.5 Å². The van der Waals surface area contributed by atoms with E-state index in [-0.39, 0.29) is 5.92 Å². The van der Waals surface area contributed by atoms with E-state index >= 15 is 0 Å². The molecule has 138 valence electrons. The van der Waals surface area contributed by atoms with Gasteiger partial charge in [-0.05, 0) is 36.9 Å². The standard InChI is InChI=1S/C20H24N2O4/c1-25-19-9-8-15(17-6-2-3-7-18(17)19)13-21-26-12-11-22-10-4-5-16(14-22)20(23)24/h2-3,6-9,13,16H,4-5,10-12,14H2,1H3,(H,23,24)/b21-13+. The molecule has 1 saturated heterocycles. The Hall–Kier alpha value is -2.60. The fourth-order valence-electron chi connectivity index (χ4n) is 3.36. The molecule has 6 nitrogen and oxygen atoms in total. The second-order valence-electron chi connectivity index (χ2n) is 6.45. The normalized spacial score (nSPS) is 18.3. The van der Waals surface area contributed by atoms with E-state index in [2.05, 4.69) is 10.1 Å². The van der Waals surface area contributed by atoms with E-state index in [9.17, 15) is 4.79 Å². The van der Waals surface area contributed by atoms with Gasteiger partial charge in [-0.2, -0.15) is 0 Å². The Morgan fingerprint density at radius 3 is 2.88 bits per heavy atom. The lowest BCUT2D eigenvalue weighted by atomic mass is 9.98. The second-order valence-corrected chi connectivity index (χ2v) is 6.45. The van der Waals surface area contributed by atoms with Crippen LogP contribution in [0.15, 0.2) is 41.6 Å². The number of likely N-dealkylation sites (tertiary alicyclic amines) is 1. The summed E-state index contributed by atoms with van der Waals surface area (Å²) in [5, 5.41) is 15.3. The number of carbonyl (C=O) groups is 1. The monoisotopic (exact) mass is 356 g/mol. The zero-order valence-electron chi connectivity index (χ0n) is 14.9. The van der Waals surface area contributed by atoms with E-state index in [1.54, 1.807) is 13.3 Å². The van der Waals surface area contributed by atoms with Crippen molar-refractivity contribution in [2.24, 2.45) is 11.1 Å². The second kappa shape index (κ2) is 8.67. The number of carboxylic acids is 1. The first kappa shape index (κ1) is 18.2. The van der Waals surface area contributed by atoms with Crippen LogP contribution < -0.4 is 4.74 Å². The number of rotatable bonds is 7. The van der Waals surface area contributed by atoms with Gasteiger partial charge in [0.05, 0.1) is 19.2 Å². The third-order valence-corrected chi connectivity index (χ3v) is 4.76. The van der Waals surface area contributed by atoms with Crippen LogP contribution in [0.25, 0.3) is 10.8 Å². The molecule has 0 saturated carbocycles. The molecular formula is C20H24N2O4. The number of carboxylic acid groups (broad SMARTS) is 1. The lowest BCUT2D eigenvalue weighted by molar-refractivity contribution is -0.143. The number of nitrogens with zero attached hydrogens (tertiary/aromatic N) is 2. The topological polar surface area (TPSA) is 71.4 Å². The molecule has 1 fully saturated rings. The summed E-state index contributed by atoms with van der Waals surface area (Å²) in [7, 11) is 1.66. The average Bonchev–Trinajstić information content (AvgIpc) is 2.68. The first-order valence-corrected chi connectivity index (χ1v) is 8.85. The minimum Gasteiger partial charge on any atom is -0.496 e. The smallest absolute Gasteiger partial charge is 0.307 e. The highest BCUT2D eigenvalue weighted by atomic mass is 16.6. The summed E-state index contributed by atoms with van der Waals surface area (Å²) in [5.41, 5.74) is 0.963. The van der Waals surface area contributed by atoms with E-state index in [4.69, 9.17) is 14.7 Å². The van der Waals surface area contributed by atoms with E-state index in [0.717, 1.165) is 41.5 Å². The van der Waals surface area contributed by atoms with Crippen LogP contribution in [0.4, 0.5) is 0 Å². The van der Waals surface area contributed by atoms with E-state index < -0.39 is 5.97 Å². The molecule has 1 atom stereocenters. The zero-order chi connectivity index (χ0) is 18.4. The maximum Gasteiger partial charge on any atom is 0.307 e. The Morgan fingerprint density at radius 1 is 1.31 bits per heavy atom. The van der Waals surface area contributed by atoms with Crippen molar-refractivity contribution in [3.63, 3.8) is 0 Å². The average molecular weight is 356 g/mol. The Morgan fingerprint density at radius 2 is 2.12 bits per heavy atom. The van der Waals surface area contributed by atoms with Crippen molar-refractivity contribution in [1.29, 1.82) is 0 Å². The summed E-state index contributed by atoms with van der Waals surface area (Å²) in [6.07, 6.45) is 3.38. The van der Waals surface area contributed by atoms with Crippen molar-refractivity contribution in [2.45, 2.75) is 12.8 Å². The van der Waals surface area contributed by atoms with Crippen LogP contribution in [0.2, 0.25) is 0 Å². The Labute approximate surface area is 153 Å². The number of fused-ring (bicyclic) bond motifs is 1. The number of ether oxygens (including phenoxy) is 1. The largest absolute Gasteiger partial charge is 0.496 e. The van der Waals surface area contributed by atoms with Crippen LogP contribution in [0, 0.1) is 5.92 Å². The molecule has 3 rings (SSSR count). The summed E-state index contributed by atoms with van der Waals surface area (Å²) >= 11 is 0. The lowest BCUT2D eigenvalue weighted by Gasteiger charge is -2.29. The molecule has 2 aromatic carbocycles. The highest BCUT2D eigenvalue weighted by molar-refractivity contribution is 6.02. The van der Waals surface area contributed by atoms with Crippen molar-refractivity contribution in [1.82, 2.24) is 4.90 Å². The van der Waals surface area contributed by atoms with E-state index in [1.807, 2.05) is 36.4 Å². The van der Waals surface area contributed by atoms with Crippen molar-refractivity contribution in [2.75, 3.05) is 33.4 Å². The zero-order valence-corrected chi connectivity index (χ0v) is 14.9. The summed E-state index contributed by atoms with van der Waals surface area (Å²) in [6, 6.07) is 11.9. The fraction of sp³-hybridized carbons (Fsp3) is 0.400. The SMILES string of the molecule is COc1ccc(/C=N/OCCN2CCCC(C(=O)O)C2)c2ccccc12. The molecule has 1 heterocycles. The highest BCUT2D eigenvalue weighted by Crippen LogP contribution is 2.27. The predicted molar refractivity (Wildman–Crippen MR) is 101 cm³/mol. The maximum absolute atomic E-state index is 11.1. The third kappa shape index (κ3) is 4.32. The van der Waals surface area contributed by atoms with Gasteiger partial charge in [0, 0.05) is 24.0 Å². The first-order chi connectivity index (χ1) is 12.7. The number of hydrogen-bond acceptors (Lipinski definition) is 5. The maximum atomic E-state index is 11.1. The summed E-state index contributed by atoms with van der Waals surface area (Å²) in [4.78, 5) is 18.6. The fourth-order valence-corrected chi connectivity index (χ4v) is 3.36. The molecule has 1 unspecified atom stereocenters. The number of hydrogen-bond donors (Lipinski definition) is 1. The molecule has 1 N–H and O–H groups in total. The van der Waals surface area contributed by atoms with E-state index in [0.29, 0.717) is 19.7 Å². The molecule has 2 aromatic rings. The van der Waals surface area contributed by atoms with Gasteiger partial charge < -0.3 is 14.7 Å². The highest BCUT2D eigenvalue weighted by Gasteiger charge is 2.24. The number of piperidine rings is 1. The molecule has 26 heavy (non-hydrogen) atoms. The lowest BCUT2D eigenvalue weighted by Crippen LogP contribution is -2.40. The van der Waals surface area contributed by atoms with Crippen LogP contribution in [0.1, 0.15) is 18.4 Å². The van der Waals surface area contributed by atoms with Crippen LogP contribution in [-0.2, 0) is 9.63 Å². The molecule has 0 spiro atoms. The van der Waals surface area contributed by atoms with E-state index in [1.165, 1.54) is 0 Å². The summed E-state index contributed by atoms with van der Waals surface area (Å²) < 4.78 is 5.40. The number of benzene rings is 2. The van der Waals surface area contributed by atoms with Crippen molar-refractivity contribution in [3.8, 4) is 5.75 Å². The summed E-state index contributed by atoms with van der Waals surface area (Å²) in [6.45, 7) is 2.63. The first-order valence-electron chi connectivity index (χ1n) is 8.85. The molecule has 1 aliphatic heterocycles. The molecule has 1 aliphatic rings. The number of oxime groups is 1. The molecule has 0 radical (unpaired) electrons. The molecule has 0 bridgehead atoms.